The summed E-state index contributed by atoms with van der Waals surface area (Å²) in [5, 5.41) is 11.5. The van der Waals surface area contributed by atoms with Gasteiger partial charge in [-0.05, 0) is 48.5 Å². The Balaban J connectivity index is 2.12. The normalized spacial score (nSPS) is 11.1. The second-order valence-electron chi connectivity index (χ2n) is 3.80. The van der Waals surface area contributed by atoms with Crippen LogP contribution in [-0.2, 0) is 0 Å². The van der Waals surface area contributed by atoms with Crippen LogP contribution in [0.2, 0.25) is 0 Å². The van der Waals surface area contributed by atoms with Gasteiger partial charge in [-0.25, -0.2) is 0 Å². The number of carbonyl (C=O) groups excluding carboxylic acids is 1. The van der Waals surface area contributed by atoms with Crippen molar-refractivity contribution in [3.63, 3.8) is 0 Å². The molecule has 0 saturated carbocycles. The Morgan fingerprint density at radius 2 is 1.58 bits per heavy atom. The highest BCUT2D eigenvalue weighted by Crippen LogP contribution is 2.21. The summed E-state index contributed by atoms with van der Waals surface area (Å²) in [5.74, 6) is 1.29. The molecule has 19 heavy (non-hydrogen) atoms. The maximum atomic E-state index is 10.5. The van der Waals surface area contributed by atoms with E-state index >= 15 is 0 Å². The number of oxime groups is 1. The summed E-state index contributed by atoms with van der Waals surface area (Å²) in [6.45, 7) is 0. The molecule has 0 aliphatic carbocycles. The van der Waals surface area contributed by atoms with Gasteiger partial charge in [-0.3, -0.25) is 4.79 Å². The highest BCUT2D eigenvalue weighted by atomic mass is 16.5. The van der Waals surface area contributed by atoms with Crippen LogP contribution in [-0.4, -0.2) is 17.3 Å². The van der Waals surface area contributed by atoms with Crippen molar-refractivity contribution in [3.8, 4) is 11.5 Å². The van der Waals surface area contributed by atoms with E-state index in [1.165, 1.54) is 0 Å². The molecule has 5 nitrogen and oxygen atoms in total. The quantitative estimate of drug-likeness (QED) is 0.289. The van der Waals surface area contributed by atoms with Crippen molar-refractivity contribution in [2.45, 2.75) is 0 Å². The van der Waals surface area contributed by atoms with E-state index in [2.05, 4.69) is 5.16 Å². The Morgan fingerprint density at radius 3 is 2.05 bits per heavy atom. The van der Waals surface area contributed by atoms with Crippen LogP contribution in [0.5, 0.6) is 11.5 Å². The Kier molecular flexibility index (Phi) is 3.78. The van der Waals surface area contributed by atoms with Gasteiger partial charge in [-0.2, -0.15) is 0 Å². The lowest BCUT2D eigenvalue weighted by Gasteiger charge is -2.06. The molecule has 2 aromatic rings. The zero-order valence-electron chi connectivity index (χ0n) is 9.98. The van der Waals surface area contributed by atoms with Gasteiger partial charge in [-0.15, -0.1) is 0 Å². The molecule has 0 heterocycles. The first kappa shape index (κ1) is 12.6. The summed E-state index contributed by atoms with van der Waals surface area (Å²) in [6.07, 6.45) is 0.773. The molecular formula is C14H12N2O3. The fourth-order valence-electron chi connectivity index (χ4n) is 1.50. The highest BCUT2D eigenvalue weighted by molar-refractivity contribution is 5.97. The standard InChI is InChI=1S/C14H12N2O3/c15-14(16-18)11-3-7-13(8-4-11)19-12-5-1-10(9-17)2-6-12/h1-9,18H,(H2,15,16). The zero-order chi connectivity index (χ0) is 13.7. The second kappa shape index (κ2) is 5.68. The summed E-state index contributed by atoms with van der Waals surface area (Å²) >= 11 is 0. The minimum absolute atomic E-state index is 0.0434. The topological polar surface area (TPSA) is 84.9 Å². The SMILES string of the molecule is N/C(=N\O)c1ccc(Oc2ccc(C=O)cc2)cc1. The first-order valence-corrected chi connectivity index (χ1v) is 5.54. The highest BCUT2D eigenvalue weighted by Gasteiger charge is 2.01. The molecule has 0 radical (unpaired) electrons. The van der Waals surface area contributed by atoms with Gasteiger partial charge in [0.25, 0.3) is 0 Å². The Hall–Kier alpha value is -2.82. The molecule has 96 valence electrons. The van der Waals surface area contributed by atoms with Crippen LogP contribution in [0.3, 0.4) is 0 Å². The van der Waals surface area contributed by atoms with E-state index < -0.39 is 0 Å². The van der Waals surface area contributed by atoms with Gasteiger partial charge < -0.3 is 15.7 Å². The van der Waals surface area contributed by atoms with Crippen LogP contribution in [0.15, 0.2) is 53.7 Å². The van der Waals surface area contributed by atoms with Crippen LogP contribution in [0, 0.1) is 0 Å². The van der Waals surface area contributed by atoms with Crippen LogP contribution >= 0.6 is 0 Å². The van der Waals surface area contributed by atoms with E-state index in [1.54, 1.807) is 48.5 Å². The van der Waals surface area contributed by atoms with E-state index in [1.807, 2.05) is 0 Å². The number of nitrogens with two attached hydrogens (primary N) is 1. The summed E-state index contributed by atoms with van der Waals surface area (Å²) < 4.78 is 5.59. The van der Waals surface area contributed by atoms with E-state index in [9.17, 15) is 4.79 Å². The smallest absolute Gasteiger partial charge is 0.170 e. The number of ether oxygens (including phenoxy) is 1. The number of rotatable bonds is 4. The van der Waals surface area contributed by atoms with Gasteiger partial charge in [-0.1, -0.05) is 5.16 Å². The van der Waals surface area contributed by atoms with Gasteiger partial charge in [0.2, 0.25) is 0 Å². The van der Waals surface area contributed by atoms with Gasteiger partial charge in [0.05, 0.1) is 0 Å². The maximum absolute atomic E-state index is 10.5. The van der Waals surface area contributed by atoms with E-state index in [-0.39, 0.29) is 5.84 Å². The van der Waals surface area contributed by atoms with E-state index in [0.29, 0.717) is 22.6 Å². The molecule has 2 rings (SSSR count). The summed E-state index contributed by atoms with van der Waals surface area (Å²) in [5.41, 5.74) is 6.65. The van der Waals surface area contributed by atoms with Gasteiger partial charge in [0.1, 0.15) is 17.8 Å². The fourth-order valence-corrected chi connectivity index (χ4v) is 1.50. The average molecular weight is 256 g/mol. The van der Waals surface area contributed by atoms with Crippen LogP contribution in [0.1, 0.15) is 15.9 Å². The number of nitrogens with zero attached hydrogens (tertiary/aromatic N) is 1. The first-order chi connectivity index (χ1) is 9.22. The predicted molar refractivity (Wildman–Crippen MR) is 70.9 cm³/mol. The average Bonchev–Trinajstić information content (AvgIpc) is 2.48. The molecule has 0 saturated heterocycles. The minimum Gasteiger partial charge on any atom is -0.457 e. The lowest BCUT2D eigenvalue weighted by atomic mass is 10.2. The number of benzene rings is 2. The molecule has 2 aromatic carbocycles. The van der Waals surface area contributed by atoms with Gasteiger partial charge in [0.15, 0.2) is 5.84 Å². The number of hydrogen-bond donors (Lipinski definition) is 2. The summed E-state index contributed by atoms with van der Waals surface area (Å²) in [6, 6.07) is 13.6. The number of amidine groups is 1. The van der Waals surface area contributed by atoms with Crippen molar-refractivity contribution in [2.75, 3.05) is 0 Å². The van der Waals surface area contributed by atoms with Crippen LogP contribution in [0.4, 0.5) is 0 Å². The third-order valence-electron chi connectivity index (χ3n) is 2.51. The summed E-state index contributed by atoms with van der Waals surface area (Å²) in [4.78, 5) is 10.5. The number of carbonyl (C=O) groups is 1. The molecule has 0 aliphatic heterocycles. The van der Waals surface area contributed by atoms with Crippen molar-refractivity contribution in [3.05, 3.63) is 59.7 Å². The summed E-state index contributed by atoms with van der Waals surface area (Å²) in [7, 11) is 0. The molecule has 3 N–H and O–H groups in total. The maximum Gasteiger partial charge on any atom is 0.170 e. The molecule has 0 aromatic heterocycles. The van der Waals surface area contributed by atoms with Crippen molar-refractivity contribution >= 4 is 12.1 Å². The molecule has 0 fully saturated rings. The first-order valence-electron chi connectivity index (χ1n) is 5.54. The van der Waals surface area contributed by atoms with Crippen molar-refractivity contribution in [2.24, 2.45) is 10.9 Å². The molecular weight excluding hydrogens is 244 g/mol. The lowest BCUT2D eigenvalue weighted by Crippen LogP contribution is -2.12. The number of aldehydes is 1. The largest absolute Gasteiger partial charge is 0.457 e. The van der Waals surface area contributed by atoms with Crippen molar-refractivity contribution in [1.29, 1.82) is 0 Å². The zero-order valence-corrected chi connectivity index (χ0v) is 9.98. The Morgan fingerprint density at radius 1 is 1.05 bits per heavy atom. The van der Waals surface area contributed by atoms with Crippen LogP contribution < -0.4 is 10.5 Å². The number of hydrogen-bond acceptors (Lipinski definition) is 4. The van der Waals surface area contributed by atoms with Crippen molar-refractivity contribution < 1.29 is 14.7 Å². The molecule has 0 aliphatic rings. The Bertz CT molecular complexity index is 589. The molecule has 0 unspecified atom stereocenters. The molecule has 0 amide bonds. The fraction of sp³-hybridized carbons (Fsp3) is 0. The lowest BCUT2D eigenvalue weighted by molar-refractivity contribution is 0.112. The predicted octanol–water partition coefficient (Wildman–Crippen LogP) is 2.39. The van der Waals surface area contributed by atoms with E-state index in [4.69, 9.17) is 15.7 Å². The molecule has 0 bridgehead atoms. The Labute approximate surface area is 109 Å². The van der Waals surface area contributed by atoms with Gasteiger partial charge in [0, 0.05) is 11.1 Å². The van der Waals surface area contributed by atoms with Crippen LogP contribution in [0.25, 0.3) is 0 Å². The van der Waals surface area contributed by atoms with Gasteiger partial charge >= 0.3 is 0 Å². The third kappa shape index (κ3) is 3.10. The molecule has 0 spiro atoms. The molecule has 0 atom stereocenters. The van der Waals surface area contributed by atoms with Crippen molar-refractivity contribution in [1.82, 2.24) is 0 Å². The minimum atomic E-state index is 0.0434. The molecule has 5 heteroatoms. The third-order valence-corrected chi connectivity index (χ3v) is 2.51. The second-order valence-corrected chi connectivity index (χ2v) is 3.80. The monoisotopic (exact) mass is 256 g/mol. The van der Waals surface area contributed by atoms with E-state index in [0.717, 1.165) is 6.29 Å².